The van der Waals surface area contributed by atoms with Crippen molar-refractivity contribution in [2.24, 2.45) is 0 Å². The van der Waals surface area contributed by atoms with Crippen LogP contribution < -0.4 is 10.9 Å². The van der Waals surface area contributed by atoms with Crippen LogP contribution in [-0.2, 0) is 27.2 Å². The minimum Gasteiger partial charge on any atom is -0.506 e. The zero-order valence-corrected chi connectivity index (χ0v) is 16.0. The summed E-state index contributed by atoms with van der Waals surface area (Å²) in [4.78, 5) is 24.0. The Hall–Kier alpha value is -2.09. The van der Waals surface area contributed by atoms with Crippen LogP contribution in [-0.4, -0.2) is 37.4 Å². The van der Waals surface area contributed by atoms with E-state index in [-0.39, 0.29) is 41.0 Å². The number of halogens is 1. The number of carbonyl (C=O) groups excluding carboxylic acids is 1. The summed E-state index contributed by atoms with van der Waals surface area (Å²) in [5.41, 5.74) is 0.823. The van der Waals surface area contributed by atoms with Crippen molar-refractivity contribution in [1.82, 2.24) is 5.32 Å². The van der Waals surface area contributed by atoms with Crippen LogP contribution in [0, 0.1) is 6.92 Å². The lowest BCUT2D eigenvalue weighted by Crippen LogP contribution is -2.26. The molecule has 0 unspecified atom stereocenters. The van der Waals surface area contributed by atoms with Crippen LogP contribution in [0.3, 0.4) is 0 Å². The number of nitrogens with one attached hydrogen (secondary N) is 1. The Labute approximate surface area is 161 Å². The highest BCUT2D eigenvalue weighted by atomic mass is 35.5. The van der Waals surface area contributed by atoms with Gasteiger partial charge < -0.3 is 24.3 Å². The van der Waals surface area contributed by atoms with Crippen LogP contribution in [0.1, 0.15) is 29.5 Å². The van der Waals surface area contributed by atoms with Crippen LogP contribution in [0.25, 0.3) is 11.0 Å². The molecule has 3 rings (SSSR count). The Morgan fingerprint density at radius 3 is 2.89 bits per heavy atom. The molecule has 2 N–H and O–H groups in total. The zero-order valence-electron chi connectivity index (χ0n) is 15.3. The molecule has 2 heterocycles. The van der Waals surface area contributed by atoms with Crippen molar-refractivity contribution in [3.63, 3.8) is 0 Å². The van der Waals surface area contributed by atoms with Gasteiger partial charge in [-0.1, -0.05) is 11.6 Å². The number of aryl methyl sites for hydroxylation is 1. The number of rotatable bonds is 6. The van der Waals surface area contributed by atoms with Gasteiger partial charge in [0.1, 0.15) is 11.3 Å². The molecule has 1 aliphatic rings. The average molecular weight is 396 g/mol. The van der Waals surface area contributed by atoms with Gasteiger partial charge in [-0.25, -0.2) is 4.79 Å². The van der Waals surface area contributed by atoms with E-state index in [1.807, 2.05) is 0 Å². The fraction of sp³-hybridized carbons (Fsp3) is 0.474. The summed E-state index contributed by atoms with van der Waals surface area (Å²) in [6.45, 7) is 3.36. The first-order valence-corrected chi connectivity index (χ1v) is 9.16. The minimum absolute atomic E-state index is 0.132. The lowest BCUT2D eigenvalue weighted by Gasteiger charge is -2.15. The normalized spacial score (nSPS) is 16.8. The van der Waals surface area contributed by atoms with Crippen molar-refractivity contribution in [3.05, 3.63) is 38.2 Å². The van der Waals surface area contributed by atoms with E-state index >= 15 is 0 Å². The Kier molecular flexibility index (Phi) is 6.04. The summed E-state index contributed by atoms with van der Waals surface area (Å²) in [5, 5.41) is 14.3. The highest BCUT2D eigenvalue weighted by Gasteiger charge is 2.21. The second-order valence-corrected chi connectivity index (χ2v) is 6.98. The number of aromatic hydroxyl groups is 1. The number of methoxy groups -OCH3 is 1. The third-order valence-electron chi connectivity index (χ3n) is 4.85. The predicted octanol–water partition coefficient (Wildman–Crippen LogP) is 2.44. The van der Waals surface area contributed by atoms with Crippen LogP contribution in [0.5, 0.6) is 5.75 Å². The third kappa shape index (κ3) is 4.10. The molecule has 0 saturated carbocycles. The van der Waals surface area contributed by atoms with Gasteiger partial charge in [-0.2, -0.15) is 0 Å². The van der Waals surface area contributed by atoms with Crippen LogP contribution in [0.15, 0.2) is 15.3 Å². The molecule has 0 bridgehead atoms. The molecule has 27 heavy (non-hydrogen) atoms. The highest BCUT2D eigenvalue weighted by Crippen LogP contribution is 2.36. The molecule has 0 amide bonds. The van der Waals surface area contributed by atoms with Gasteiger partial charge in [0.05, 0.1) is 35.8 Å². The number of ether oxygens (including phenoxy) is 2. The number of benzene rings is 1. The molecule has 1 aliphatic heterocycles. The maximum atomic E-state index is 12.4. The van der Waals surface area contributed by atoms with Crippen LogP contribution in [0.2, 0.25) is 5.02 Å². The molecule has 0 spiro atoms. The molecule has 2 aromatic rings. The largest absolute Gasteiger partial charge is 0.506 e. The molecular formula is C19H22ClNO6. The Bertz CT molecular complexity index is 917. The van der Waals surface area contributed by atoms with Gasteiger partial charge in [-0.15, -0.1) is 0 Å². The molecule has 0 radical (unpaired) electrons. The smallest absolute Gasteiger partial charge is 0.340 e. The molecule has 1 saturated heterocycles. The first kappa shape index (κ1) is 19.7. The van der Waals surface area contributed by atoms with Crippen molar-refractivity contribution >= 4 is 28.5 Å². The predicted molar refractivity (Wildman–Crippen MR) is 100 cm³/mol. The van der Waals surface area contributed by atoms with Gasteiger partial charge in [0.15, 0.2) is 0 Å². The summed E-state index contributed by atoms with van der Waals surface area (Å²) in [7, 11) is 1.26. The Morgan fingerprint density at radius 2 is 2.22 bits per heavy atom. The quantitative estimate of drug-likeness (QED) is 0.572. The standard InChI is InChI=1S/C19H22ClNO6/c1-10-12-6-15(20)17(23)14(9-21-8-11-4-3-5-26-11)18(12)27-19(24)13(10)7-16(22)25-2/h6,11,21,23H,3-5,7-9H2,1-2H3/t11-/m1/s1. The number of fused-ring (bicyclic) bond motifs is 1. The Morgan fingerprint density at radius 1 is 1.44 bits per heavy atom. The monoisotopic (exact) mass is 395 g/mol. The van der Waals surface area contributed by atoms with Gasteiger partial charge in [0.2, 0.25) is 0 Å². The van der Waals surface area contributed by atoms with E-state index in [0.717, 1.165) is 19.4 Å². The SMILES string of the molecule is COC(=O)Cc1c(C)c2cc(Cl)c(O)c(CNC[C@H]3CCCO3)c2oc1=O. The number of carbonyl (C=O) groups is 1. The maximum Gasteiger partial charge on any atom is 0.340 e. The molecule has 0 aliphatic carbocycles. The van der Waals surface area contributed by atoms with E-state index in [0.29, 0.717) is 23.1 Å². The summed E-state index contributed by atoms with van der Waals surface area (Å²) >= 11 is 6.18. The molecule has 1 aromatic heterocycles. The van der Waals surface area contributed by atoms with Gasteiger partial charge in [0.25, 0.3) is 0 Å². The second-order valence-electron chi connectivity index (χ2n) is 6.57. The second kappa shape index (κ2) is 8.29. The first-order chi connectivity index (χ1) is 12.9. The zero-order chi connectivity index (χ0) is 19.6. The van der Waals surface area contributed by atoms with Gasteiger partial charge in [-0.05, 0) is 31.4 Å². The lowest BCUT2D eigenvalue weighted by atomic mass is 10.0. The fourth-order valence-electron chi connectivity index (χ4n) is 3.29. The fourth-order valence-corrected chi connectivity index (χ4v) is 3.51. The van der Waals surface area contributed by atoms with Crippen molar-refractivity contribution in [2.75, 3.05) is 20.3 Å². The number of esters is 1. The number of phenolic OH excluding ortho intramolecular Hbond substituents is 1. The topological polar surface area (TPSA) is 98.0 Å². The first-order valence-electron chi connectivity index (χ1n) is 8.78. The maximum absolute atomic E-state index is 12.4. The van der Waals surface area contributed by atoms with E-state index in [2.05, 4.69) is 10.1 Å². The summed E-state index contributed by atoms with van der Waals surface area (Å²) < 4.78 is 15.7. The molecule has 8 heteroatoms. The van der Waals surface area contributed by atoms with Gasteiger partial charge in [-0.3, -0.25) is 4.79 Å². The van der Waals surface area contributed by atoms with Crippen LogP contribution >= 0.6 is 11.6 Å². The lowest BCUT2D eigenvalue weighted by molar-refractivity contribution is -0.139. The number of hydrogen-bond donors (Lipinski definition) is 2. The summed E-state index contributed by atoms with van der Waals surface area (Å²) in [6, 6.07) is 1.54. The molecule has 146 valence electrons. The van der Waals surface area contributed by atoms with Gasteiger partial charge in [0, 0.05) is 25.1 Å². The molecule has 7 nitrogen and oxygen atoms in total. The van der Waals surface area contributed by atoms with Crippen molar-refractivity contribution in [1.29, 1.82) is 0 Å². The number of hydrogen-bond acceptors (Lipinski definition) is 7. The molecule has 1 atom stereocenters. The minimum atomic E-state index is -0.632. The van der Waals surface area contributed by atoms with Crippen molar-refractivity contribution in [3.8, 4) is 5.75 Å². The summed E-state index contributed by atoms with van der Waals surface area (Å²) in [6.07, 6.45) is 1.97. The van der Waals surface area contributed by atoms with Crippen LogP contribution in [0.4, 0.5) is 0 Å². The molecule has 1 fully saturated rings. The van der Waals surface area contributed by atoms with Crippen molar-refractivity contribution in [2.45, 2.75) is 38.8 Å². The molecular weight excluding hydrogens is 374 g/mol. The van der Waals surface area contributed by atoms with E-state index in [1.54, 1.807) is 6.92 Å². The van der Waals surface area contributed by atoms with E-state index in [1.165, 1.54) is 13.2 Å². The van der Waals surface area contributed by atoms with E-state index in [4.69, 9.17) is 20.8 Å². The van der Waals surface area contributed by atoms with Crippen molar-refractivity contribution < 1.29 is 23.8 Å². The number of phenols is 1. The molecule has 1 aromatic carbocycles. The van der Waals surface area contributed by atoms with Gasteiger partial charge >= 0.3 is 11.6 Å². The Balaban J connectivity index is 1.98. The summed E-state index contributed by atoms with van der Waals surface area (Å²) in [5.74, 6) is -0.666. The van der Waals surface area contributed by atoms with E-state index < -0.39 is 11.6 Å². The average Bonchev–Trinajstić information content (AvgIpc) is 3.16. The third-order valence-corrected chi connectivity index (χ3v) is 5.13. The van der Waals surface area contributed by atoms with E-state index in [9.17, 15) is 14.7 Å². The highest BCUT2D eigenvalue weighted by molar-refractivity contribution is 6.33.